The second-order valence-electron chi connectivity index (χ2n) is 6.12. The average Bonchev–Trinajstić information content (AvgIpc) is 2.75. The van der Waals surface area contributed by atoms with Gasteiger partial charge in [-0.2, -0.15) is 0 Å². The van der Waals surface area contributed by atoms with E-state index < -0.39 is 15.8 Å². The summed E-state index contributed by atoms with van der Waals surface area (Å²) < 4.78 is 38.3. The van der Waals surface area contributed by atoms with E-state index >= 15 is 0 Å². The number of carbonyl (C=O) groups is 1. The van der Waals surface area contributed by atoms with E-state index in [4.69, 9.17) is 11.6 Å². The van der Waals surface area contributed by atoms with Crippen LogP contribution in [0.2, 0.25) is 5.02 Å². The molecule has 0 unspecified atom stereocenters. The molecule has 0 radical (unpaired) electrons. The fourth-order valence-electron chi connectivity index (χ4n) is 2.87. The maximum absolute atomic E-state index is 13.3. The van der Waals surface area contributed by atoms with Crippen LogP contribution in [-0.4, -0.2) is 33.2 Å². The molecule has 0 saturated heterocycles. The summed E-state index contributed by atoms with van der Waals surface area (Å²) in [6.45, 7) is -0.350. The van der Waals surface area contributed by atoms with Gasteiger partial charge in [-0.05, 0) is 31.0 Å². The first kappa shape index (κ1) is 19.0. The summed E-state index contributed by atoms with van der Waals surface area (Å²) in [5.41, 5.74) is 0.167. The molecule has 5 nitrogen and oxygen atoms in total. The summed E-state index contributed by atoms with van der Waals surface area (Å²) in [5, 5.41) is 2.72. The molecular formula is C16H22ClFN2O3S. The number of hydrogen-bond donors (Lipinski definition) is 1. The van der Waals surface area contributed by atoms with Crippen LogP contribution in [0.4, 0.5) is 10.1 Å². The number of nitrogens with one attached hydrogen (secondary N) is 1. The Balaban J connectivity index is 2.11. The predicted octanol–water partition coefficient (Wildman–Crippen LogP) is 3.08. The molecule has 0 aromatic heterocycles. The third-order valence-electron chi connectivity index (χ3n) is 4.10. The van der Waals surface area contributed by atoms with Crippen LogP contribution < -0.4 is 9.62 Å². The average molecular weight is 377 g/mol. The van der Waals surface area contributed by atoms with E-state index in [1.807, 2.05) is 0 Å². The number of benzene rings is 1. The van der Waals surface area contributed by atoms with Crippen molar-refractivity contribution < 1.29 is 17.6 Å². The zero-order valence-corrected chi connectivity index (χ0v) is 15.2. The minimum Gasteiger partial charge on any atom is -0.352 e. The SMILES string of the molecule is CS(=O)(=O)N(CC(=O)NC1CCCCCC1)c1ccc(F)c(Cl)c1. The summed E-state index contributed by atoms with van der Waals surface area (Å²) in [5.74, 6) is -1.01. The highest BCUT2D eigenvalue weighted by molar-refractivity contribution is 7.92. The van der Waals surface area contributed by atoms with Crippen LogP contribution >= 0.6 is 11.6 Å². The van der Waals surface area contributed by atoms with Gasteiger partial charge in [0.1, 0.15) is 12.4 Å². The summed E-state index contributed by atoms with van der Waals surface area (Å²) in [4.78, 5) is 12.3. The molecule has 1 N–H and O–H groups in total. The van der Waals surface area contributed by atoms with Gasteiger partial charge in [-0.3, -0.25) is 9.10 Å². The van der Waals surface area contributed by atoms with Crippen LogP contribution in [0.25, 0.3) is 0 Å². The molecule has 1 fully saturated rings. The fraction of sp³-hybridized carbons (Fsp3) is 0.562. The molecular weight excluding hydrogens is 355 g/mol. The minimum absolute atomic E-state index is 0.0817. The zero-order chi connectivity index (χ0) is 17.7. The van der Waals surface area contributed by atoms with Gasteiger partial charge in [-0.25, -0.2) is 12.8 Å². The Morgan fingerprint density at radius 1 is 1.29 bits per heavy atom. The number of rotatable bonds is 5. The molecule has 0 aliphatic heterocycles. The monoisotopic (exact) mass is 376 g/mol. The van der Waals surface area contributed by atoms with Crippen molar-refractivity contribution in [3.05, 3.63) is 29.0 Å². The largest absolute Gasteiger partial charge is 0.352 e. The highest BCUT2D eigenvalue weighted by Crippen LogP contribution is 2.24. The van der Waals surface area contributed by atoms with Gasteiger partial charge < -0.3 is 5.32 Å². The maximum atomic E-state index is 13.3. The molecule has 0 atom stereocenters. The summed E-state index contributed by atoms with van der Waals surface area (Å²) >= 11 is 5.72. The lowest BCUT2D eigenvalue weighted by atomic mass is 10.1. The van der Waals surface area contributed by atoms with Crippen molar-refractivity contribution >= 4 is 33.2 Å². The van der Waals surface area contributed by atoms with Crippen LogP contribution in [0.15, 0.2) is 18.2 Å². The Kier molecular flexibility index (Phi) is 6.46. The van der Waals surface area contributed by atoms with Gasteiger partial charge >= 0.3 is 0 Å². The summed E-state index contributed by atoms with van der Waals surface area (Å²) in [6, 6.07) is 3.66. The van der Waals surface area contributed by atoms with Crippen molar-refractivity contribution in [1.82, 2.24) is 5.32 Å². The van der Waals surface area contributed by atoms with Crippen molar-refractivity contribution in [2.45, 2.75) is 44.6 Å². The molecule has 24 heavy (non-hydrogen) atoms. The first-order chi connectivity index (χ1) is 11.3. The smallest absolute Gasteiger partial charge is 0.240 e. The lowest BCUT2D eigenvalue weighted by Gasteiger charge is -2.24. The Bertz CT molecular complexity index is 689. The highest BCUT2D eigenvalue weighted by atomic mass is 35.5. The van der Waals surface area contributed by atoms with Gasteiger partial charge in [0.15, 0.2) is 0 Å². The number of amides is 1. The van der Waals surface area contributed by atoms with Crippen molar-refractivity contribution in [2.75, 3.05) is 17.1 Å². The molecule has 1 aliphatic rings. The number of anilines is 1. The van der Waals surface area contributed by atoms with Crippen molar-refractivity contribution in [3.63, 3.8) is 0 Å². The van der Waals surface area contributed by atoms with Crippen LogP contribution in [0, 0.1) is 5.82 Å². The standard InChI is InChI=1S/C16H22ClFN2O3S/c1-24(22,23)20(13-8-9-15(18)14(17)10-13)11-16(21)19-12-6-4-2-3-5-7-12/h8-10,12H,2-7,11H2,1H3,(H,19,21). The number of nitrogens with zero attached hydrogens (tertiary/aromatic N) is 1. The Morgan fingerprint density at radius 3 is 2.46 bits per heavy atom. The van der Waals surface area contributed by atoms with Crippen LogP contribution in [-0.2, 0) is 14.8 Å². The lowest BCUT2D eigenvalue weighted by molar-refractivity contribution is -0.120. The van der Waals surface area contributed by atoms with Crippen LogP contribution in [0.1, 0.15) is 38.5 Å². The second kappa shape index (κ2) is 8.16. The number of sulfonamides is 1. The van der Waals surface area contributed by atoms with Gasteiger partial charge in [0, 0.05) is 6.04 Å². The normalized spacial score (nSPS) is 16.5. The third kappa shape index (κ3) is 5.34. The lowest BCUT2D eigenvalue weighted by Crippen LogP contribution is -2.44. The van der Waals surface area contributed by atoms with Crippen molar-refractivity contribution in [1.29, 1.82) is 0 Å². The molecule has 1 saturated carbocycles. The van der Waals surface area contributed by atoms with E-state index in [-0.39, 0.29) is 29.2 Å². The van der Waals surface area contributed by atoms with E-state index in [1.165, 1.54) is 12.1 Å². The summed E-state index contributed by atoms with van der Waals surface area (Å²) in [7, 11) is -3.70. The maximum Gasteiger partial charge on any atom is 0.240 e. The molecule has 134 valence electrons. The first-order valence-electron chi connectivity index (χ1n) is 7.99. The summed E-state index contributed by atoms with van der Waals surface area (Å²) in [6.07, 6.45) is 7.28. The van der Waals surface area contributed by atoms with E-state index in [0.29, 0.717) is 0 Å². The first-order valence-corrected chi connectivity index (χ1v) is 10.2. The molecule has 0 spiro atoms. The van der Waals surface area contributed by atoms with Crippen molar-refractivity contribution in [2.24, 2.45) is 0 Å². The number of carbonyl (C=O) groups excluding carboxylic acids is 1. The van der Waals surface area contributed by atoms with Gasteiger partial charge in [0.2, 0.25) is 15.9 Å². The van der Waals surface area contributed by atoms with Gasteiger partial charge in [-0.15, -0.1) is 0 Å². The quantitative estimate of drug-likeness (QED) is 0.803. The Morgan fingerprint density at radius 2 is 1.92 bits per heavy atom. The topological polar surface area (TPSA) is 66.5 Å². The van der Waals surface area contributed by atoms with E-state index in [1.54, 1.807) is 0 Å². The van der Waals surface area contributed by atoms with E-state index in [2.05, 4.69) is 5.32 Å². The predicted molar refractivity (Wildman–Crippen MR) is 93.2 cm³/mol. The van der Waals surface area contributed by atoms with Gasteiger partial charge in [0.25, 0.3) is 0 Å². The number of hydrogen-bond acceptors (Lipinski definition) is 3. The highest BCUT2D eigenvalue weighted by Gasteiger charge is 2.23. The molecule has 2 rings (SSSR count). The molecule has 0 bridgehead atoms. The molecule has 1 aromatic rings. The second-order valence-corrected chi connectivity index (χ2v) is 8.44. The van der Waals surface area contributed by atoms with E-state index in [0.717, 1.165) is 55.2 Å². The Hall–Kier alpha value is -1.34. The molecule has 1 amide bonds. The van der Waals surface area contributed by atoms with Gasteiger partial charge in [-0.1, -0.05) is 37.3 Å². The molecule has 1 aliphatic carbocycles. The Labute approximate surface area is 147 Å². The van der Waals surface area contributed by atoms with E-state index in [9.17, 15) is 17.6 Å². The van der Waals surface area contributed by atoms with Crippen molar-refractivity contribution in [3.8, 4) is 0 Å². The van der Waals surface area contributed by atoms with Crippen LogP contribution in [0.3, 0.4) is 0 Å². The minimum atomic E-state index is -3.70. The zero-order valence-electron chi connectivity index (χ0n) is 13.6. The molecule has 8 heteroatoms. The van der Waals surface area contributed by atoms with Gasteiger partial charge in [0.05, 0.1) is 17.0 Å². The number of halogens is 2. The fourth-order valence-corrected chi connectivity index (χ4v) is 3.89. The van der Waals surface area contributed by atoms with Crippen LogP contribution in [0.5, 0.6) is 0 Å². The molecule has 1 aromatic carbocycles. The molecule has 0 heterocycles. The third-order valence-corrected chi connectivity index (χ3v) is 5.53.